The summed E-state index contributed by atoms with van der Waals surface area (Å²) in [5, 5.41) is 23.9. The summed E-state index contributed by atoms with van der Waals surface area (Å²) in [6.45, 7) is 4.10. The van der Waals surface area contributed by atoms with Gasteiger partial charge in [-0.05, 0) is 41.0 Å². The normalized spacial score (nSPS) is 11.4. The number of carbonyl (C=O) groups excluding carboxylic acids is 1. The zero-order valence-corrected chi connectivity index (χ0v) is 12.9. The summed E-state index contributed by atoms with van der Waals surface area (Å²) < 4.78 is 1.55. The molecule has 0 saturated carbocycles. The van der Waals surface area contributed by atoms with Crippen LogP contribution >= 0.6 is 0 Å². The number of rotatable bonds is 7. The first-order chi connectivity index (χ1) is 10.6. The predicted molar refractivity (Wildman–Crippen MR) is 81.4 cm³/mol. The van der Waals surface area contributed by atoms with Crippen LogP contribution in [0, 0.1) is 0 Å². The van der Waals surface area contributed by atoms with E-state index in [9.17, 15) is 9.90 Å². The van der Waals surface area contributed by atoms with Crippen molar-refractivity contribution in [1.82, 2.24) is 25.5 Å². The second-order valence-corrected chi connectivity index (χ2v) is 5.31. The molecule has 7 nitrogen and oxygen atoms in total. The number of nitrogens with zero attached hydrogens (tertiary/aromatic N) is 4. The average Bonchev–Trinajstić information content (AvgIpc) is 3.08. The summed E-state index contributed by atoms with van der Waals surface area (Å²) in [6, 6.07) is 7.44. The van der Waals surface area contributed by atoms with Crippen molar-refractivity contribution in [3.63, 3.8) is 0 Å². The number of aromatic nitrogens is 4. The molecule has 1 aromatic heterocycles. The molecule has 118 valence electrons. The average molecular weight is 303 g/mol. The number of carbonyl (C=O) groups is 1. The van der Waals surface area contributed by atoms with Gasteiger partial charge in [0.15, 0.2) is 0 Å². The first-order valence-electron chi connectivity index (χ1n) is 7.37. The Labute approximate surface area is 129 Å². The van der Waals surface area contributed by atoms with Crippen LogP contribution in [0.3, 0.4) is 0 Å². The highest BCUT2D eigenvalue weighted by Gasteiger charge is 2.22. The molecule has 7 heteroatoms. The van der Waals surface area contributed by atoms with Gasteiger partial charge < -0.3 is 10.4 Å². The minimum atomic E-state index is -0.820. The van der Waals surface area contributed by atoms with E-state index in [2.05, 4.69) is 20.8 Å². The number of hydrogen-bond donors (Lipinski definition) is 2. The number of benzene rings is 1. The minimum absolute atomic E-state index is 0.101. The maximum atomic E-state index is 11.9. The van der Waals surface area contributed by atoms with E-state index in [0.717, 1.165) is 11.3 Å². The summed E-state index contributed by atoms with van der Waals surface area (Å²) >= 11 is 0. The third-order valence-corrected chi connectivity index (χ3v) is 3.85. The third-order valence-electron chi connectivity index (χ3n) is 3.85. The van der Waals surface area contributed by atoms with Crippen molar-refractivity contribution in [2.45, 2.75) is 38.7 Å². The molecule has 1 heterocycles. The van der Waals surface area contributed by atoms with Crippen LogP contribution in [0.5, 0.6) is 0 Å². The van der Waals surface area contributed by atoms with Gasteiger partial charge in [-0.2, -0.15) is 0 Å². The monoisotopic (exact) mass is 303 g/mol. The van der Waals surface area contributed by atoms with Crippen LogP contribution in [0.15, 0.2) is 30.6 Å². The van der Waals surface area contributed by atoms with Gasteiger partial charge in [-0.1, -0.05) is 26.0 Å². The molecule has 0 radical (unpaired) electrons. The summed E-state index contributed by atoms with van der Waals surface area (Å²) in [6.07, 6.45) is 3.02. The molecule has 0 spiro atoms. The van der Waals surface area contributed by atoms with Crippen LogP contribution < -0.4 is 5.32 Å². The zero-order valence-electron chi connectivity index (χ0n) is 12.9. The van der Waals surface area contributed by atoms with Gasteiger partial charge in [-0.15, -0.1) is 5.10 Å². The standard InChI is InChI=1S/C15H21N5O2/c1-3-15(22,4-2)10-16-14(21)9-12-5-7-13(8-6-12)20-11-17-18-19-20/h5-8,11,22H,3-4,9-10H2,1-2H3,(H,16,21). The van der Waals surface area contributed by atoms with Gasteiger partial charge in [-0.25, -0.2) is 4.68 Å². The molecule has 0 bridgehead atoms. The number of tetrazole rings is 1. The maximum absolute atomic E-state index is 11.9. The molecular weight excluding hydrogens is 282 g/mol. The number of aliphatic hydroxyl groups is 1. The van der Waals surface area contributed by atoms with Gasteiger partial charge >= 0.3 is 0 Å². The lowest BCUT2D eigenvalue weighted by Gasteiger charge is -2.25. The van der Waals surface area contributed by atoms with Crippen molar-refractivity contribution in [3.8, 4) is 5.69 Å². The van der Waals surface area contributed by atoms with E-state index in [4.69, 9.17) is 0 Å². The van der Waals surface area contributed by atoms with Crippen LogP contribution in [-0.4, -0.2) is 43.4 Å². The quantitative estimate of drug-likeness (QED) is 0.792. The van der Waals surface area contributed by atoms with Crippen LogP contribution in [0.25, 0.3) is 5.69 Å². The van der Waals surface area contributed by atoms with Gasteiger partial charge in [0, 0.05) is 6.54 Å². The van der Waals surface area contributed by atoms with E-state index in [1.54, 1.807) is 4.68 Å². The molecule has 0 atom stereocenters. The number of nitrogens with one attached hydrogen (secondary N) is 1. The van der Waals surface area contributed by atoms with Crippen LogP contribution in [0.2, 0.25) is 0 Å². The molecule has 0 fully saturated rings. The van der Waals surface area contributed by atoms with E-state index in [0.29, 0.717) is 12.8 Å². The molecule has 1 amide bonds. The first kappa shape index (κ1) is 16.1. The molecule has 2 N–H and O–H groups in total. The summed E-state index contributed by atoms with van der Waals surface area (Å²) in [5.74, 6) is -0.101. The predicted octanol–water partition coefficient (Wildman–Crippen LogP) is 0.872. The summed E-state index contributed by atoms with van der Waals surface area (Å²) in [4.78, 5) is 11.9. The summed E-state index contributed by atoms with van der Waals surface area (Å²) in [7, 11) is 0. The van der Waals surface area contributed by atoms with Crippen molar-refractivity contribution in [2.75, 3.05) is 6.54 Å². The van der Waals surface area contributed by atoms with Crippen LogP contribution in [0.1, 0.15) is 32.3 Å². The van der Waals surface area contributed by atoms with Gasteiger partial charge in [0.05, 0.1) is 17.7 Å². The fourth-order valence-electron chi connectivity index (χ4n) is 2.06. The maximum Gasteiger partial charge on any atom is 0.224 e. The molecule has 0 unspecified atom stereocenters. The highest BCUT2D eigenvalue weighted by molar-refractivity contribution is 5.78. The molecule has 2 rings (SSSR count). The minimum Gasteiger partial charge on any atom is -0.388 e. The van der Waals surface area contributed by atoms with E-state index in [1.807, 2.05) is 38.1 Å². The SMILES string of the molecule is CCC(O)(CC)CNC(=O)Cc1ccc(-n2cnnn2)cc1. The number of amides is 1. The van der Waals surface area contributed by atoms with Crippen LogP contribution in [0.4, 0.5) is 0 Å². The van der Waals surface area contributed by atoms with E-state index < -0.39 is 5.60 Å². The first-order valence-corrected chi connectivity index (χ1v) is 7.37. The molecule has 2 aromatic rings. The lowest BCUT2D eigenvalue weighted by atomic mass is 9.97. The Bertz CT molecular complexity index is 591. The van der Waals surface area contributed by atoms with Gasteiger partial charge in [-0.3, -0.25) is 4.79 Å². The molecule has 22 heavy (non-hydrogen) atoms. The fraction of sp³-hybridized carbons (Fsp3) is 0.467. The Kier molecular flexibility index (Phi) is 5.21. The molecule has 0 saturated heterocycles. The third kappa shape index (κ3) is 4.11. The van der Waals surface area contributed by atoms with Crippen molar-refractivity contribution in [1.29, 1.82) is 0 Å². The second kappa shape index (κ2) is 7.13. The lowest BCUT2D eigenvalue weighted by molar-refractivity contribution is -0.121. The Balaban J connectivity index is 1.89. The highest BCUT2D eigenvalue weighted by Crippen LogP contribution is 2.13. The topological polar surface area (TPSA) is 92.9 Å². The molecule has 0 aliphatic rings. The lowest BCUT2D eigenvalue weighted by Crippen LogP contribution is -2.42. The van der Waals surface area contributed by atoms with Crippen molar-refractivity contribution < 1.29 is 9.90 Å². The Morgan fingerprint density at radius 2 is 1.95 bits per heavy atom. The Hall–Kier alpha value is -2.28. The second-order valence-electron chi connectivity index (χ2n) is 5.31. The highest BCUT2D eigenvalue weighted by atomic mass is 16.3. The molecule has 1 aromatic carbocycles. The van der Waals surface area contributed by atoms with Gasteiger partial charge in [0.25, 0.3) is 0 Å². The van der Waals surface area contributed by atoms with E-state index in [1.165, 1.54) is 6.33 Å². The van der Waals surface area contributed by atoms with Crippen molar-refractivity contribution in [3.05, 3.63) is 36.2 Å². The molecular formula is C15H21N5O2. The molecule has 0 aliphatic carbocycles. The van der Waals surface area contributed by atoms with Gasteiger partial charge in [0.2, 0.25) is 5.91 Å². The van der Waals surface area contributed by atoms with Gasteiger partial charge in [0.1, 0.15) is 6.33 Å². The molecule has 0 aliphatic heterocycles. The number of hydrogen-bond acceptors (Lipinski definition) is 5. The van der Waals surface area contributed by atoms with E-state index in [-0.39, 0.29) is 18.9 Å². The van der Waals surface area contributed by atoms with E-state index >= 15 is 0 Å². The smallest absolute Gasteiger partial charge is 0.224 e. The summed E-state index contributed by atoms with van der Waals surface area (Å²) in [5.41, 5.74) is 0.908. The Morgan fingerprint density at radius 3 is 2.50 bits per heavy atom. The Morgan fingerprint density at radius 1 is 1.27 bits per heavy atom. The van der Waals surface area contributed by atoms with Crippen molar-refractivity contribution >= 4 is 5.91 Å². The van der Waals surface area contributed by atoms with Crippen LogP contribution in [-0.2, 0) is 11.2 Å². The largest absolute Gasteiger partial charge is 0.388 e. The van der Waals surface area contributed by atoms with Crippen molar-refractivity contribution in [2.24, 2.45) is 0 Å². The fourth-order valence-corrected chi connectivity index (χ4v) is 2.06. The zero-order chi connectivity index (χ0) is 16.0.